The van der Waals surface area contributed by atoms with Gasteiger partial charge in [-0.2, -0.15) is 20.5 Å². The first-order valence-electron chi connectivity index (χ1n) is 17.2. The molecule has 5 aromatic carbocycles. The van der Waals surface area contributed by atoms with Crippen LogP contribution in [0.2, 0.25) is 30.1 Å². The number of benzene rings is 5. The third kappa shape index (κ3) is 11.7. The minimum absolute atomic E-state index is 0.00348. The molecular weight excluding hydrogens is 901 g/mol. The molecule has 2 unspecified atom stereocenters. The molecule has 306 valence electrons. The van der Waals surface area contributed by atoms with Crippen LogP contribution in [0.3, 0.4) is 0 Å². The maximum atomic E-state index is 13.1. The molecule has 4 amide bonds. The summed E-state index contributed by atoms with van der Waals surface area (Å²) in [7, 11) is 0. The lowest BCUT2D eigenvalue weighted by atomic mass is 10.1. The lowest BCUT2D eigenvalue weighted by Crippen LogP contribution is -2.32. The van der Waals surface area contributed by atoms with E-state index in [9.17, 15) is 28.8 Å². The van der Waals surface area contributed by atoms with Crippen LogP contribution in [0.15, 0.2) is 118 Å². The van der Waals surface area contributed by atoms with Gasteiger partial charge in [-0.25, -0.2) is 0 Å². The molecule has 0 saturated heterocycles. The van der Waals surface area contributed by atoms with Crippen LogP contribution < -0.4 is 21.3 Å². The summed E-state index contributed by atoms with van der Waals surface area (Å²) in [5, 5.41) is 27.1. The van der Waals surface area contributed by atoms with Crippen molar-refractivity contribution in [1.29, 1.82) is 0 Å². The highest BCUT2D eigenvalue weighted by molar-refractivity contribution is 6.44. The molecule has 60 heavy (non-hydrogen) atoms. The number of anilines is 4. The maximum absolute atomic E-state index is 13.1. The maximum Gasteiger partial charge on any atom is 0.258 e. The molecule has 0 radical (unpaired) electrons. The van der Waals surface area contributed by atoms with E-state index in [4.69, 9.17) is 69.6 Å². The summed E-state index contributed by atoms with van der Waals surface area (Å²) in [5.41, 5.74) is 1.23. The number of Topliss-reactive ketones (excluding diaryl/α,β-unsaturated/α-hetero) is 2. The molecule has 0 heterocycles. The van der Waals surface area contributed by atoms with E-state index in [2.05, 4.69) is 41.7 Å². The molecule has 5 aromatic rings. The first kappa shape index (κ1) is 45.3. The van der Waals surface area contributed by atoms with Crippen molar-refractivity contribution in [3.05, 3.63) is 138 Å². The van der Waals surface area contributed by atoms with Crippen molar-refractivity contribution in [3.8, 4) is 0 Å². The Kier molecular flexibility index (Phi) is 15.5. The van der Waals surface area contributed by atoms with E-state index in [0.29, 0.717) is 0 Å². The number of nitrogens with zero attached hydrogens (tertiary/aromatic N) is 4. The lowest BCUT2D eigenvalue weighted by molar-refractivity contribution is -0.127. The van der Waals surface area contributed by atoms with Crippen LogP contribution in [0.4, 0.5) is 34.1 Å². The average molecular weight is 929 g/mol. The number of amides is 4. The Morgan fingerprint density at radius 1 is 0.467 bits per heavy atom. The molecule has 0 aliphatic heterocycles. The Hall–Kier alpha value is -5.74. The number of hydrogen-bond donors (Lipinski definition) is 4. The molecule has 4 N–H and O–H groups in total. The first-order valence-corrected chi connectivity index (χ1v) is 19.4. The molecule has 2 atom stereocenters. The van der Waals surface area contributed by atoms with Crippen molar-refractivity contribution >= 4 is 139 Å². The Morgan fingerprint density at radius 2 is 0.833 bits per heavy atom. The van der Waals surface area contributed by atoms with Gasteiger partial charge in [-0.15, -0.1) is 0 Å². The fourth-order valence-electron chi connectivity index (χ4n) is 4.99. The van der Waals surface area contributed by atoms with Crippen LogP contribution in [0.5, 0.6) is 0 Å². The standard InChI is InChI=1S/C40H28Cl6N8O6/c1-19(55)35(53-51-31-17-21(9-15-25(31)41)37(57)49-29-7-3-5-27(43)33(29)45)39(59)47-23-11-13-24(14-12-23)48-40(60)36(20(2)56)54-52-32-18-22(10-16-26(32)42)38(58)50-30-8-4-6-28(44)34(30)46/h3-18,35-36H,1-2H3,(H,47,59)(H,48,60)(H,49,57)(H,50,58). The molecule has 0 bridgehead atoms. The van der Waals surface area contributed by atoms with Gasteiger partial charge in [-0.05, 0) is 98.8 Å². The zero-order valence-electron chi connectivity index (χ0n) is 30.9. The number of ketones is 2. The van der Waals surface area contributed by atoms with Crippen molar-refractivity contribution in [3.63, 3.8) is 0 Å². The molecule has 0 aromatic heterocycles. The fourth-order valence-corrected chi connectivity index (χ4v) is 5.99. The van der Waals surface area contributed by atoms with Gasteiger partial charge >= 0.3 is 0 Å². The predicted octanol–water partition coefficient (Wildman–Crippen LogP) is 11.5. The molecule has 0 aliphatic rings. The van der Waals surface area contributed by atoms with Crippen molar-refractivity contribution in [2.45, 2.75) is 25.9 Å². The SMILES string of the molecule is CC(=O)C(N=Nc1cc(C(=O)Nc2cccc(Cl)c2Cl)ccc1Cl)C(=O)Nc1ccc(NC(=O)C(N=Nc2cc(C(=O)Nc3cccc(Cl)c3Cl)ccc2Cl)C(C)=O)cc1. The molecule has 14 nitrogen and oxygen atoms in total. The van der Waals surface area contributed by atoms with Gasteiger partial charge in [0.1, 0.15) is 11.4 Å². The van der Waals surface area contributed by atoms with Gasteiger partial charge in [0, 0.05) is 22.5 Å². The van der Waals surface area contributed by atoms with E-state index >= 15 is 0 Å². The highest BCUT2D eigenvalue weighted by Crippen LogP contribution is 2.33. The van der Waals surface area contributed by atoms with Gasteiger partial charge in [0.2, 0.25) is 12.1 Å². The topological polar surface area (TPSA) is 200 Å². The minimum Gasteiger partial charge on any atom is -0.324 e. The summed E-state index contributed by atoms with van der Waals surface area (Å²) < 4.78 is 0. The van der Waals surface area contributed by atoms with E-state index < -0.39 is 47.3 Å². The van der Waals surface area contributed by atoms with E-state index in [-0.39, 0.29) is 75.4 Å². The summed E-state index contributed by atoms with van der Waals surface area (Å²) in [4.78, 5) is 77.0. The van der Waals surface area contributed by atoms with Crippen molar-refractivity contribution in [1.82, 2.24) is 0 Å². The van der Waals surface area contributed by atoms with Gasteiger partial charge in [-0.3, -0.25) is 28.8 Å². The van der Waals surface area contributed by atoms with E-state index in [1.165, 1.54) is 60.7 Å². The smallest absolute Gasteiger partial charge is 0.258 e. The van der Waals surface area contributed by atoms with Gasteiger partial charge in [0.25, 0.3) is 23.6 Å². The molecule has 0 saturated carbocycles. The number of carbonyl (C=O) groups is 6. The molecule has 0 spiro atoms. The largest absolute Gasteiger partial charge is 0.324 e. The molecule has 0 fully saturated rings. The van der Waals surface area contributed by atoms with Crippen molar-refractivity contribution in [2.75, 3.05) is 21.3 Å². The third-order valence-electron chi connectivity index (χ3n) is 8.06. The Morgan fingerprint density at radius 3 is 1.18 bits per heavy atom. The molecule has 20 heteroatoms. The highest BCUT2D eigenvalue weighted by atomic mass is 35.5. The van der Waals surface area contributed by atoms with Crippen LogP contribution in [-0.2, 0) is 19.2 Å². The second kappa shape index (κ2) is 20.5. The summed E-state index contributed by atoms with van der Waals surface area (Å²) in [6.07, 6.45) is 0. The number of rotatable bonds is 14. The van der Waals surface area contributed by atoms with E-state index in [1.807, 2.05) is 0 Å². The number of hydrogen-bond acceptors (Lipinski definition) is 10. The van der Waals surface area contributed by atoms with Gasteiger partial charge in [-0.1, -0.05) is 81.7 Å². The fraction of sp³-hybridized carbons (Fsp3) is 0.100. The zero-order chi connectivity index (χ0) is 43.7. The predicted molar refractivity (Wildman–Crippen MR) is 233 cm³/mol. The summed E-state index contributed by atoms with van der Waals surface area (Å²) >= 11 is 37.0. The number of carbonyl (C=O) groups excluding carboxylic acids is 6. The molecular formula is C40H28Cl6N8O6. The van der Waals surface area contributed by atoms with Gasteiger partial charge < -0.3 is 21.3 Å². The second-order valence-electron chi connectivity index (χ2n) is 12.5. The summed E-state index contributed by atoms with van der Waals surface area (Å²) in [5.74, 6) is -4.11. The minimum atomic E-state index is -1.60. The third-order valence-corrected chi connectivity index (χ3v) is 10.3. The second-order valence-corrected chi connectivity index (χ2v) is 14.8. The van der Waals surface area contributed by atoms with Crippen molar-refractivity contribution < 1.29 is 28.8 Å². The lowest BCUT2D eigenvalue weighted by Gasteiger charge is -2.12. The van der Waals surface area contributed by atoms with Crippen LogP contribution in [-0.4, -0.2) is 47.3 Å². The van der Waals surface area contributed by atoms with E-state index in [0.717, 1.165) is 13.8 Å². The van der Waals surface area contributed by atoms with Gasteiger partial charge in [0.05, 0.1) is 41.5 Å². The normalized spacial score (nSPS) is 12.1. The highest BCUT2D eigenvalue weighted by Gasteiger charge is 2.25. The Balaban J connectivity index is 1.22. The summed E-state index contributed by atoms with van der Waals surface area (Å²) in [6.45, 7) is 2.29. The first-order chi connectivity index (χ1) is 28.5. The van der Waals surface area contributed by atoms with Crippen molar-refractivity contribution in [2.24, 2.45) is 20.5 Å². The van der Waals surface area contributed by atoms with Crippen LogP contribution in [0.25, 0.3) is 0 Å². The molecule has 5 rings (SSSR count). The molecule has 0 aliphatic carbocycles. The van der Waals surface area contributed by atoms with Gasteiger partial charge in [0.15, 0.2) is 11.6 Å². The van der Waals surface area contributed by atoms with E-state index in [1.54, 1.807) is 36.4 Å². The summed E-state index contributed by atoms with van der Waals surface area (Å²) in [6, 6.07) is 20.2. The Labute approximate surface area is 371 Å². The number of nitrogens with one attached hydrogen (secondary N) is 4. The van der Waals surface area contributed by atoms with Crippen LogP contribution >= 0.6 is 69.6 Å². The monoisotopic (exact) mass is 926 g/mol. The van der Waals surface area contributed by atoms with Crippen LogP contribution in [0.1, 0.15) is 34.6 Å². The zero-order valence-corrected chi connectivity index (χ0v) is 35.4. The number of halogens is 6. The van der Waals surface area contributed by atoms with Crippen LogP contribution in [0, 0.1) is 0 Å². The Bertz CT molecular complexity index is 2410. The average Bonchev–Trinajstić information content (AvgIpc) is 3.20. The number of azo groups is 2. The quantitative estimate of drug-likeness (QED) is 0.0630.